The van der Waals surface area contributed by atoms with Crippen LogP contribution in [0.1, 0.15) is 33.6 Å². The van der Waals surface area contributed by atoms with Gasteiger partial charge in [0.15, 0.2) is 0 Å². The van der Waals surface area contributed by atoms with Gasteiger partial charge in [-0.1, -0.05) is 13.8 Å². The van der Waals surface area contributed by atoms with Gasteiger partial charge >= 0.3 is 0 Å². The van der Waals surface area contributed by atoms with Crippen molar-refractivity contribution in [3.63, 3.8) is 0 Å². The largest absolute Gasteiger partial charge is 0.392 e. The molecular weight excluding hydrogens is 204 g/mol. The normalized spacial score (nSPS) is 24.4. The molecule has 4 heteroatoms. The first kappa shape index (κ1) is 13.5. The van der Waals surface area contributed by atoms with E-state index < -0.39 is 0 Å². The lowest BCUT2D eigenvalue weighted by Gasteiger charge is -2.34. The average molecular weight is 228 g/mol. The van der Waals surface area contributed by atoms with Gasteiger partial charge in [-0.2, -0.15) is 0 Å². The molecule has 1 aliphatic heterocycles. The summed E-state index contributed by atoms with van der Waals surface area (Å²) in [5.74, 6) is 0.547. The maximum atomic E-state index is 11.8. The Balaban J connectivity index is 2.37. The highest BCUT2D eigenvalue weighted by Gasteiger charge is 2.26. The minimum absolute atomic E-state index is 0.0720. The molecule has 0 aromatic carbocycles. The highest BCUT2D eigenvalue weighted by molar-refractivity contribution is 5.81. The smallest absolute Gasteiger partial charge is 0.237 e. The SMILES string of the molecule is CC(C)CNC(=O)C(C)N1CCCC(O)C1. The molecule has 1 saturated heterocycles. The van der Waals surface area contributed by atoms with E-state index in [0.717, 1.165) is 25.9 Å². The van der Waals surface area contributed by atoms with Gasteiger partial charge in [0.1, 0.15) is 0 Å². The molecule has 1 amide bonds. The predicted molar refractivity (Wildman–Crippen MR) is 64.1 cm³/mol. The number of β-amino-alcohol motifs (C(OH)–C–C–N with tert-alkyl or cyclic N) is 1. The Hall–Kier alpha value is -0.610. The summed E-state index contributed by atoms with van der Waals surface area (Å²) in [4.78, 5) is 13.9. The van der Waals surface area contributed by atoms with E-state index in [1.165, 1.54) is 0 Å². The van der Waals surface area contributed by atoms with E-state index in [1.54, 1.807) is 0 Å². The zero-order valence-electron chi connectivity index (χ0n) is 10.6. The van der Waals surface area contributed by atoms with Crippen molar-refractivity contribution in [2.24, 2.45) is 5.92 Å². The standard InChI is InChI=1S/C12H24N2O2/c1-9(2)7-13-12(16)10(3)14-6-4-5-11(15)8-14/h9-11,15H,4-8H2,1-3H3,(H,13,16). The van der Waals surface area contributed by atoms with Gasteiger partial charge in [-0.15, -0.1) is 0 Å². The van der Waals surface area contributed by atoms with E-state index in [1.807, 2.05) is 6.92 Å². The Morgan fingerprint density at radius 2 is 2.19 bits per heavy atom. The van der Waals surface area contributed by atoms with Crippen molar-refractivity contribution in [1.82, 2.24) is 10.2 Å². The lowest BCUT2D eigenvalue weighted by Crippen LogP contribution is -2.50. The van der Waals surface area contributed by atoms with Crippen molar-refractivity contribution in [3.8, 4) is 0 Å². The van der Waals surface area contributed by atoms with E-state index in [9.17, 15) is 9.90 Å². The van der Waals surface area contributed by atoms with E-state index in [0.29, 0.717) is 12.5 Å². The number of aliphatic hydroxyl groups excluding tert-OH is 1. The summed E-state index contributed by atoms with van der Waals surface area (Å²) >= 11 is 0. The van der Waals surface area contributed by atoms with Crippen LogP contribution in [0.2, 0.25) is 0 Å². The first-order chi connectivity index (χ1) is 7.50. The van der Waals surface area contributed by atoms with Crippen LogP contribution < -0.4 is 5.32 Å². The molecule has 4 nitrogen and oxygen atoms in total. The summed E-state index contributed by atoms with van der Waals surface area (Å²) in [6.07, 6.45) is 1.56. The lowest BCUT2D eigenvalue weighted by molar-refractivity contribution is -0.127. The molecule has 0 aromatic heterocycles. The van der Waals surface area contributed by atoms with Crippen LogP contribution >= 0.6 is 0 Å². The zero-order valence-corrected chi connectivity index (χ0v) is 10.6. The van der Waals surface area contributed by atoms with Gasteiger partial charge in [0, 0.05) is 13.1 Å². The first-order valence-electron chi connectivity index (χ1n) is 6.20. The number of hydrogen-bond donors (Lipinski definition) is 2. The Morgan fingerprint density at radius 3 is 2.75 bits per heavy atom. The second-order valence-corrected chi connectivity index (χ2v) is 5.11. The number of carbonyl (C=O) groups is 1. The Bertz CT molecular complexity index is 231. The van der Waals surface area contributed by atoms with Crippen molar-refractivity contribution in [2.75, 3.05) is 19.6 Å². The third-order valence-corrected chi connectivity index (χ3v) is 3.04. The van der Waals surface area contributed by atoms with Gasteiger partial charge in [-0.25, -0.2) is 0 Å². The van der Waals surface area contributed by atoms with E-state index in [4.69, 9.17) is 0 Å². The van der Waals surface area contributed by atoms with Gasteiger partial charge in [-0.3, -0.25) is 9.69 Å². The number of rotatable bonds is 4. The summed E-state index contributed by atoms with van der Waals surface area (Å²) in [6, 6.07) is -0.131. The molecule has 0 bridgehead atoms. The molecule has 1 rings (SSSR count). The highest BCUT2D eigenvalue weighted by Crippen LogP contribution is 2.12. The minimum atomic E-state index is -0.269. The number of carbonyl (C=O) groups excluding carboxylic acids is 1. The number of likely N-dealkylation sites (tertiary alicyclic amines) is 1. The van der Waals surface area contributed by atoms with E-state index in [-0.39, 0.29) is 18.1 Å². The third-order valence-electron chi connectivity index (χ3n) is 3.04. The molecule has 0 radical (unpaired) electrons. The van der Waals surface area contributed by atoms with E-state index in [2.05, 4.69) is 24.1 Å². The number of piperidine rings is 1. The number of hydrogen-bond acceptors (Lipinski definition) is 3. The van der Waals surface area contributed by atoms with Crippen molar-refractivity contribution in [1.29, 1.82) is 0 Å². The minimum Gasteiger partial charge on any atom is -0.392 e. The number of amides is 1. The van der Waals surface area contributed by atoms with Crippen molar-refractivity contribution < 1.29 is 9.90 Å². The van der Waals surface area contributed by atoms with Gasteiger partial charge in [0.2, 0.25) is 5.91 Å². The Labute approximate surface area is 98.0 Å². The van der Waals surface area contributed by atoms with Crippen LogP contribution in [0.4, 0.5) is 0 Å². The lowest BCUT2D eigenvalue weighted by atomic mass is 10.1. The zero-order chi connectivity index (χ0) is 12.1. The van der Waals surface area contributed by atoms with Gasteiger partial charge < -0.3 is 10.4 Å². The van der Waals surface area contributed by atoms with E-state index >= 15 is 0 Å². The molecule has 2 N–H and O–H groups in total. The fourth-order valence-corrected chi connectivity index (χ4v) is 1.95. The molecule has 0 aliphatic carbocycles. The number of nitrogens with one attached hydrogen (secondary N) is 1. The molecule has 1 heterocycles. The fraction of sp³-hybridized carbons (Fsp3) is 0.917. The molecule has 16 heavy (non-hydrogen) atoms. The Morgan fingerprint density at radius 1 is 1.50 bits per heavy atom. The van der Waals surface area contributed by atoms with Crippen molar-refractivity contribution in [3.05, 3.63) is 0 Å². The number of nitrogens with zero attached hydrogens (tertiary/aromatic N) is 1. The van der Waals surface area contributed by atoms with Gasteiger partial charge in [0.05, 0.1) is 12.1 Å². The van der Waals surface area contributed by atoms with Crippen molar-refractivity contribution in [2.45, 2.75) is 45.8 Å². The van der Waals surface area contributed by atoms with Crippen LogP contribution in [0.15, 0.2) is 0 Å². The molecule has 2 atom stereocenters. The molecule has 1 fully saturated rings. The van der Waals surface area contributed by atoms with Crippen LogP contribution in [-0.2, 0) is 4.79 Å². The molecule has 0 spiro atoms. The number of aliphatic hydroxyl groups is 1. The van der Waals surface area contributed by atoms with Gasteiger partial charge in [0.25, 0.3) is 0 Å². The molecule has 94 valence electrons. The molecule has 2 unspecified atom stereocenters. The third kappa shape index (κ3) is 4.10. The maximum Gasteiger partial charge on any atom is 0.237 e. The van der Waals surface area contributed by atoms with Crippen LogP contribution in [0.3, 0.4) is 0 Å². The highest BCUT2D eigenvalue weighted by atomic mass is 16.3. The topological polar surface area (TPSA) is 52.6 Å². The second-order valence-electron chi connectivity index (χ2n) is 5.11. The van der Waals surface area contributed by atoms with Gasteiger partial charge in [-0.05, 0) is 32.2 Å². The Kier molecular flexibility index (Phi) is 5.22. The quantitative estimate of drug-likeness (QED) is 0.741. The first-order valence-corrected chi connectivity index (χ1v) is 6.20. The average Bonchev–Trinajstić information content (AvgIpc) is 2.24. The van der Waals surface area contributed by atoms with Crippen LogP contribution in [0.25, 0.3) is 0 Å². The monoisotopic (exact) mass is 228 g/mol. The molecule has 0 aromatic rings. The molecule has 0 saturated carbocycles. The van der Waals surface area contributed by atoms with Crippen molar-refractivity contribution >= 4 is 5.91 Å². The molecule has 1 aliphatic rings. The predicted octanol–water partition coefficient (Wildman–Crippen LogP) is 0.604. The van der Waals surface area contributed by atoms with Crippen LogP contribution in [-0.4, -0.2) is 47.7 Å². The fourth-order valence-electron chi connectivity index (χ4n) is 1.95. The maximum absolute atomic E-state index is 11.8. The second kappa shape index (κ2) is 6.21. The summed E-state index contributed by atoms with van der Waals surface area (Å²) in [5, 5.41) is 12.5. The summed E-state index contributed by atoms with van der Waals surface area (Å²) in [7, 11) is 0. The summed E-state index contributed by atoms with van der Waals surface area (Å²) < 4.78 is 0. The molecular formula is C12H24N2O2. The summed E-state index contributed by atoms with van der Waals surface area (Å²) in [6.45, 7) is 8.32. The summed E-state index contributed by atoms with van der Waals surface area (Å²) in [5.41, 5.74) is 0. The van der Waals surface area contributed by atoms with Crippen LogP contribution in [0, 0.1) is 5.92 Å². The van der Waals surface area contributed by atoms with Crippen LogP contribution in [0.5, 0.6) is 0 Å².